The summed E-state index contributed by atoms with van der Waals surface area (Å²) < 4.78 is 5.46. The highest BCUT2D eigenvalue weighted by atomic mass is 32.1. The van der Waals surface area contributed by atoms with Gasteiger partial charge in [0.05, 0.1) is 11.1 Å². The Morgan fingerprint density at radius 3 is 2.50 bits per heavy atom. The van der Waals surface area contributed by atoms with E-state index in [0.717, 1.165) is 12.0 Å². The summed E-state index contributed by atoms with van der Waals surface area (Å²) in [4.78, 5) is 2.61. The monoisotopic (exact) mass is 265 g/mol. The molecule has 0 atom stereocenters. The van der Waals surface area contributed by atoms with Gasteiger partial charge in [0, 0.05) is 9.75 Å². The number of aryl methyl sites for hydroxylation is 3. The molecule has 2 aromatic heterocycles. The highest BCUT2D eigenvalue weighted by Crippen LogP contribution is 2.33. The molecule has 0 aromatic carbocycles. The maximum absolute atomic E-state index is 5.46. The molecule has 0 bridgehead atoms. The number of nitrogens with zero attached hydrogens (tertiary/aromatic N) is 1. The third-order valence-electron chi connectivity index (χ3n) is 3.51. The van der Waals surface area contributed by atoms with Crippen LogP contribution in [0.15, 0.2) is 4.52 Å². The maximum Gasteiger partial charge on any atom is 0.180 e. The molecule has 0 radical (unpaired) electrons. The number of fused-ring (bicyclic) bond motifs is 1. The molecule has 0 saturated carbocycles. The van der Waals surface area contributed by atoms with Crippen LogP contribution in [0.5, 0.6) is 0 Å². The fraction of sp³-hybridized carbons (Fsp3) is 0.667. The van der Waals surface area contributed by atoms with Crippen LogP contribution in [-0.2, 0) is 6.42 Å². The van der Waals surface area contributed by atoms with Crippen molar-refractivity contribution < 1.29 is 4.52 Å². The number of thiophene rings is 1. The molecule has 0 fully saturated rings. The molecule has 2 rings (SSSR count). The van der Waals surface area contributed by atoms with E-state index in [9.17, 15) is 0 Å². The number of aromatic nitrogens is 1. The van der Waals surface area contributed by atoms with Crippen molar-refractivity contribution in [2.24, 2.45) is 0 Å². The Morgan fingerprint density at radius 2 is 1.72 bits per heavy atom. The first-order valence-electron chi connectivity index (χ1n) is 7.08. The molecule has 0 spiro atoms. The van der Waals surface area contributed by atoms with E-state index < -0.39 is 0 Å². The van der Waals surface area contributed by atoms with E-state index in [1.807, 2.05) is 11.3 Å². The molecule has 2 heterocycles. The Morgan fingerprint density at radius 1 is 1.00 bits per heavy atom. The van der Waals surface area contributed by atoms with Crippen molar-refractivity contribution in [2.75, 3.05) is 0 Å². The fourth-order valence-corrected chi connectivity index (χ4v) is 3.50. The van der Waals surface area contributed by atoms with Gasteiger partial charge in [-0.05, 0) is 26.7 Å². The van der Waals surface area contributed by atoms with Crippen molar-refractivity contribution in [2.45, 2.75) is 65.7 Å². The predicted molar refractivity (Wildman–Crippen MR) is 78.4 cm³/mol. The lowest BCUT2D eigenvalue weighted by Gasteiger charge is -1.99. The molecular weight excluding hydrogens is 242 g/mol. The Bertz CT molecular complexity index is 498. The summed E-state index contributed by atoms with van der Waals surface area (Å²) in [5, 5.41) is 5.53. The topological polar surface area (TPSA) is 26.0 Å². The Kier molecular flexibility index (Phi) is 4.81. The first-order chi connectivity index (χ1) is 8.74. The summed E-state index contributed by atoms with van der Waals surface area (Å²) in [6.07, 6.45) is 9.04. The van der Waals surface area contributed by atoms with Crippen LogP contribution >= 0.6 is 11.3 Å². The Balaban J connectivity index is 1.88. The molecule has 0 aliphatic rings. The van der Waals surface area contributed by atoms with E-state index in [4.69, 9.17) is 4.52 Å². The van der Waals surface area contributed by atoms with Gasteiger partial charge in [-0.3, -0.25) is 0 Å². The van der Waals surface area contributed by atoms with E-state index >= 15 is 0 Å². The zero-order valence-corrected chi connectivity index (χ0v) is 12.5. The van der Waals surface area contributed by atoms with Crippen LogP contribution in [0.2, 0.25) is 0 Å². The Labute approximate surface area is 113 Å². The normalized spacial score (nSPS) is 11.5. The van der Waals surface area contributed by atoms with Crippen LogP contribution in [0.1, 0.15) is 60.9 Å². The van der Waals surface area contributed by atoms with Crippen molar-refractivity contribution in [1.82, 2.24) is 5.16 Å². The average molecular weight is 265 g/mol. The standard InChI is InChI=1S/C15H23NOS/c1-4-5-6-7-8-9-10-13-14-11(2)18-12(3)15(14)17-16-13/h4-10H2,1-3H3. The van der Waals surface area contributed by atoms with E-state index in [1.54, 1.807) is 0 Å². The van der Waals surface area contributed by atoms with Crippen LogP contribution in [0.25, 0.3) is 11.0 Å². The van der Waals surface area contributed by atoms with Crippen molar-refractivity contribution in [3.8, 4) is 0 Å². The van der Waals surface area contributed by atoms with Gasteiger partial charge in [0.25, 0.3) is 0 Å². The van der Waals surface area contributed by atoms with Gasteiger partial charge in [-0.25, -0.2) is 0 Å². The van der Waals surface area contributed by atoms with Gasteiger partial charge >= 0.3 is 0 Å². The van der Waals surface area contributed by atoms with Crippen LogP contribution < -0.4 is 0 Å². The predicted octanol–water partition coefficient (Wildman–Crippen LogP) is 5.41. The molecule has 100 valence electrons. The zero-order valence-electron chi connectivity index (χ0n) is 11.7. The van der Waals surface area contributed by atoms with Gasteiger partial charge in [-0.1, -0.05) is 44.2 Å². The minimum Gasteiger partial charge on any atom is -0.355 e. The lowest BCUT2D eigenvalue weighted by atomic mass is 10.1. The SMILES string of the molecule is CCCCCCCCc1noc2c(C)sc(C)c12. The molecule has 0 N–H and O–H groups in total. The van der Waals surface area contributed by atoms with Gasteiger partial charge in [0.2, 0.25) is 0 Å². The molecular formula is C15H23NOS. The minimum absolute atomic E-state index is 1.01. The summed E-state index contributed by atoms with van der Waals surface area (Å²) in [6.45, 7) is 6.54. The molecule has 2 nitrogen and oxygen atoms in total. The number of unbranched alkanes of at least 4 members (excludes halogenated alkanes) is 5. The van der Waals surface area contributed by atoms with Crippen molar-refractivity contribution in [1.29, 1.82) is 0 Å². The van der Waals surface area contributed by atoms with E-state index in [1.165, 1.54) is 59.4 Å². The van der Waals surface area contributed by atoms with Gasteiger partial charge in [0.15, 0.2) is 5.58 Å². The van der Waals surface area contributed by atoms with E-state index in [0.29, 0.717) is 0 Å². The third kappa shape index (κ3) is 2.94. The van der Waals surface area contributed by atoms with Crippen LogP contribution in [0.3, 0.4) is 0 Å². The summed E-state index contributed by atoms with van der Waals surface area (Å²) >= 11 is 1.82. The highest BCUT2D eigenvalue weighted by Gasteiger charge is 2.15. The third-order valence-corrected chi connectivity index (χ3v) is 4.51. The summed E-state index contributed by atoms with van der Waals surface area (Å²) in [5.74, 6) is 0. The van der Waals surface area contributed by atoms with Crippen molar-refractivity contribution >= 4 is 22.3 Å². The maximum atomic E-state index is 5.46. The molecule has 0 unspecified atom stereocenters. The smallest absolute Gasteiger partial charge is 0.180 e. The molecule has 0 amide bonds. The largest absolute Gasteiger partial charge is 0.355 e. The van der Waals surface area contributed by atoms with Gasteiger partial charge < -0.3 is 4.52 Å². The van der Waals surface area contributed by atoms with Crippen LogP contribution in [0, 0.1) is 13.8 Å². The lowest BCUT2D eigenvalue weighted by Crippen LogP contribution is -1.87. The van der Waals surface area contributed by atoms with E-state index in [-0.39, 0.29) is 0 Å². The number of rotatable bonds is 7. The second-order valence-electron chi connectivity index (χ2n) is 5.07. The molecule has 0 saturated heterocycles. The zero-order chi connectivity index (χ0) is 13.0. The van der Waals surface area contributed by atoms with Gasteiger partial charge in [-0.15, -0.1) is 11.3 Å². The second-order valence-corrected chi connectivity index (χ2v) is 6.49. The van der Waals surface area contributed by atoms with Crippen LogP contribution in [-0.4, -0.2) is 5.16 Å². The Hall–Kier alpha value is -0.830. The first-order valence-corrected chi connectivity index (χ1v) is 7.90. The highest BCUT2D eigenvalue weighted by molar-refractivity contribution is 7.13. The summed E-state index contributed by atoms with van der Waals surface area (Å²) in [6, 6.07) is 0. The van der Waals surface area contributed by atoms with E-state index in [2.05, 4.69) is 25.9 Å². The molecule has 2 aromatic rings. The van der Waals surface area contributed by atoms with Crippen molar-refractivity contribution in [3.05, 3.63) is 15.4 Å². The summed E-state index contributed by atoms with van der Waals surface area (Å²) in [7, 11) is 0. The van der Waals surface area contributed by atoms with Crippen molar-refractivity contribution in [3.63, 3.8) is 0 Å². The van der Waals surface area contributed by atoms with Gasteiger partial charge in [-0.2, -0.15) is 0 Å². The minimum atomic E-state index is 1.01. The number of hydrogen-bond donors (Lipinski definition) is 0. The molecule has 0 aliphatic carbocycles. The van der Waals surface area contributed by atoms with Crippen LogP contribution in [0.4, 0.5) is 0 Å². The fourth-order valence-electron chi connectivity index (χ4n) is 2.50. The number of hydrogen-bond acceptors (Lipinski definition) is 3. The quantitative estimate of drug-likeness (QED) is 0.626. The molecule has 0 aliphatic heterocycles. The lowest BCUT2D eigenvalue weighted by molar-refractivity contribution is 0.443. The van der Waals surface area contributed by atoms with Gasteiger partial charge in [0.1, 0.15) is 0 Å². The second kappa shape index (κ2) is 6.37. The average Bonchev–Trinajstić information content (AvgIpc) is 2.88. The molecule has 18 heavy (non-hydrogen) atoms. The molecule has 3 heteroatoms. The first kappa shape index (κ1) is 13.6. The summed E-state index contributed by atoms with van der Waals surface area (Å²) in [5.41, 5.74) is 2.18.